The number of benzene rings is 1. The van der Waals surface area contributed by atoms with Crippen LogP contribution in [0.1, 0.15) is 34.1 Å². The molecule has 0 fully saturated rings. The number of carbonyl (C=O) groups excluding carboxylic acids is 1. The zero-order chi connectivity index (χ0) is 8.55. The maximum absolute atomic E-state index is 11.4. The van der Waals surface area contributed by atoms with Crippen molar-refractivity contribution in [2.75, 3.05) is 0 Å². The fraction of sp³-hybridized carbons (Fsp3) is 0.300. The van der Waals surface area contributed by atoms with Gasteiger partial charge in [-0.2, -0.15) is 0 Å². The third-order valence-electron chi connectivity index (χ3n) is 2.22. The molecule has 62 valence electrons. The third-order valence-corrected chi connectivity index (χ3v) is 2.68. The van der Waals surface area contributed by atoms with E-state index in [1.807, 2.05) is 24.3 Å². The SMILES string of the molecule is O=C1CCC(Cl)c2ccccc21. The molecule has 1 atom stereocenters. The molecular formula is C10H9ClO. The predicted octanol–water partition coefficient (Wildman–Crippen LogP) is 2.94. The minimum atomic E-state index is 0.0268. The molecule has 1 nitrogen and oxygen atoms in total. The van der Waals surface area contributed by atoms with Gasteiger partial charge < -0.3 is 0 Å². The summed E-state index contributed by atoms with van der Waals surface area (Å²) in [5.41, 5.74) is 1.80. The predicted molar refractivity (Wildman–Crippen MR) is 48.6 cm³/mol. The van der Waals surface area contributed by atoms with Gasteiger partial charge in [-0.05, 0) is 12.0 Å². The van der Waals surface area contributed by atoms with Crippen LogP contribution in [0.25, 0.3) is 0 Å². The van der Waals surface area contributed by atoms with E-state index in [9.17, 15) is 4.79 Å². The van der Waals surface area contributed by atoms with Crippen molar-refractivity contribution in [1.82, 2.24) is 0 Å². The molecule has 0 saturated heterocycles. The Morgan fingerprint density at radius 3 is 2.83 bits per heavy atom. The van der Waals surface area contributed by atoms with Gasteiger partial charge in [0, 0.05) is 12.0 Å². The molecule has 1 aliphatic rings. The average Bonchev–Trinajstić information content (AvgIpc) is 2.12. The number of halogens is 1. The van der Waals surface area contributed by atoms with Crippen molar-refractivity contribution >= 4 is 17.4 Å². The molecule has 12 heavy (non-hydrogen) atoms. The van der Waals surface area contributed by atoms with E-state index in [4.69, 9.17) is 11.6 Å². The van der Waals surface area contributed by atoms with Gasteiger partial charge in [-0.25, -0.2) is 0 Å². The van der Waals surface area contributed by atoms with E-state index >= 15 is 0 Å². The van der Waals surface area contributed by atoms with E-state index in [1.54, 1.807) is 0 Å². The highest BCUT2D eigenvalue weighted by Gasteiger charge is 2.22. The summed E-state index contributed by atoms with van der Waals surface area (Å²) in [5.74, 6) is 0.225. The Morgan fingerprint density at radius 1 is 1.33 bits per heavy atom. The summed E-state index contributed by atoms with van der Waals surface area (Å²) in [6.45, 7) is 0. The molecule has 0 aromatic heterocycles. The van der Waals surface area contributed by atoms with Crippen molar-refractivity contribution in [2.45, 2.75) is 18.2 Å². The number of carbonyl (C=O) groups is 1. The third kappa shape index (κ3) is 1.14. The average molecular weight is 181 g/mol. The van der Waals surface area contributed by atoms with Gasteiger partial charge in [0.1, 0.15) is 0 Å². The minimum Gasteiger partial charge on any atom is -0.294 e. The van der Waals surface area contributed by atoms with E-state index in [1.165, 1.54) is 0 Å². The summed E-state index contributed by atoms with van der Waals surface area (Å²) in [5, 5.41) is 0.0268. The zero-order valence-electron chi connectivity index (χ0n) is 6.59. The smallest absolute Gasteiger partial charge is 0.163 e. The lowest BCUT2D eigenvalue weighted by molar-refractivity contribution is 0.0971. The van der Waals surface area contributed by atoms with Crippen LogP contribution in [0.3, 0.4) is 0 Å². The van der Waals surface area contributed by atoms with Gasteiger partial charge in [0.25, 0.3) is 0 Å². The summed E-state index contributed by atoms with van der Waals surface area (Å²) >= 11 is 6.06. The molecule has 0 radical (unpaired) electrons. The number of fused-ring (bicyclic) bond motifs is 1. The largest absolute Gasteiger partial charge is 0.294 e. The van der Waals surface area contributed by atoms with E-state index < -0.39 is 0 Å². The summed E-state index contributed by atoms with van der Waals surface area (Å²) in [6, 6.07) is 7.59. The molecular weight excluding hydrogens is 172 g/mol. The molecule has 1 aromatic carbocycles. The number of ketones is 1. The summed E-state index contributed by atoms with van der Waals surface area (Å²) in [4.78, 5) is 11.4. The Bertz CT molecular complexity index is 319. The number of rotatable bonds is 0. The first-order chi connectivity index (χ1) is 5.79. The summed E-state index contributed by atoms with van der Waals surface area (Å²) in [7, 11) is 0. The van der Waals surface area contributed by atoms with Crippen LogP contribution in [-0.4, -0.2) is 5.78 Å². The van der Waals surface area contributed by atoms with Gasteiger partial charge in [-0.15, -0.1) is 11.6 Å². The van der Waals surface area contributed by atoms with Crippen LogP contribution >= 0.6 is 11.6 Å². The monoisotopic (exact) mass is 180 g/mol. The van der Waals surface area contributed by atoms with Crippen molar-refractivity contribution in [1.29, 1.82) is 0 Å². The second-order valence-electron chi connectivity index (χ2n) is 3.02. The van der Waals surface area contributed by atoms with E-state index in [0.717, 1.165) is 17.5 Å². The molecule has 0 spiro atoms. The topological polar surface area (TPSA) is 17.1 Å². The highest BCUT2D eigenvalue weighted by atomic mass is 35.5. The number of hydrogen-bond donors (Lipinski definition) is 0. The van der Waals surface area contributed by atoms with Crippen molar-refractivity contribution in [2.24, 2.45) is 0 Å². The molecule has 0 saturated carbocycles. The van der Waals surface area contributed by atoms with Crippen LogP contribution in [0, 0.1) is 0 Å². The van der Waals surface area contributed by atoms with Crippen molar-refractivity contribution in [3.05, 3.63) is 35.4 Å². The van der Waals surface area contributed by atoms with Crippen LogP contribution in [0.5, 0.6) is 0 Å². The standard InChI is InChI=1S/C10H9ClO/c11-9-5-6-10(12)8-4-2-1-3-7(8)9/h1-4,9H,5-6H2. The maximum Gasteiger partial charge on any atom is 0.163 e. The Kier molecular flexibility index (Phi) is 1.89. The van der Waals surface area contributed by atoms with Gasteiger partial charge in [0.05, 0.1) is 5.38 Å². The first-order valence-corrected chi connectivity index (χ1v) is 4.49. The van der Waals surface area contributed by atoms with Crippen molar-refractivity contribution in [3.8, 4) is 0 Å². The minimum absolute atomic E-state index is 0.0268. The summed E-state index contributed by atoms with van der Waals surface area (Å²) in [6.07, 6.45) is 1.36. The molecule has 0 N–H and O–H groups in total. The van der Waals surface area contributed by atoms with Crippen LogP contribution in [0.15, 0.2) is 24.3 Å². The Hall–Kier alpha value is -0.820. The van der Waals surface area contributed by atoms with E-state index in [2.05, 4.69) is 0 Å². The van der Waals surface area contributed by atoms with Crippen LogP contribution < -0.4 is 0 Å². The lowest BCUT2D eigenvalue weighted by Gasteiger charge is -2.18. The maximum atomic E-state index is 11.4. The van der Waals surface area contributed by atoms with E-state index in [-0.39, 0.29) is 11.2 Å². The fourth-order valence-corrected chi connectivity index (χ4v) is 1.87. The molecule has 2 rings (SSSR count). The first-order valence-electron chi connectivity index (χ1n) is 4.05. The van der Waals surface area contributed by atoms with Gasteiger partial charge in [-0.3, -0.25) is 4.79 Å². The van der Waals surface area contributed by atoms with Crippen LogP contribution in [-0.2, 0) is 0 Å². The van der Waals surface area contributed by atoms with Crippen LogP contribution in [0.4, 0.5) is 0 Å². The first kappa shape index (κ1) is 7.81. The highest BCUT2D eigenvalue weighted by Crippen LogP contribution is 2.33. The highest BCUT2D eigenvalue weighted by molar-refractivity contribution is 6.22. The lowest BCUT2D eigenvalue weighted by Crippen LogP contribution is -2.11. The normalized spacial score (nSPS) is 22.1. The lowest BCUT2D eigenvalue weighted by atomic mass is 9.90. The molecule has 2 heteroatoms. The Morgan fingerprint density at radius 2 is 2.08 bits per heavy atom. The fourth-order valence-electron chi connectivity index (χ4n) is 1.57. The van der Waals surface area contributed by atoms with Gasteiger partial charge in [0.15, 0.2) is 5.78 Å². The number of alkyl halides is 1. The van der Waals surface area contributed by atoms with Crippen LogP contribution in [0.2, 0.25) is 0 Å². The van der Waals surface area contributed by atoms with Gasteiger partial charge >= 0.3 is 0 Å². The Balaban J connectivity index is 2.55. The van der Waals surface area contributed by atoms with E-state index in [0.29, 0.717) is 6.42 Å². The quantitative estimate of drug-likeness (QED) is 0.561. The molecule has 1 aliphatic carbocycles. The molecule has 0 aliphatic heterocycles. The van der Waals surface area contributed by atoms with Crippen molar-refractivity contribution < 1.29 is 4.79 Å². The number of Topliss-reactive ketones (excluding diaryl/α,β-unsaturated/α-hetero) is 1. The Labute approximate surface area is 76.4 Å². The van der Waals surface area contributed by atoms with Crippen molar-refractivity contribution in [3.63, 3.8) is 0 Å². The number of hydrogen-bond acceptors (Lipinski definition) is 1. The molecule has 0 amide bonds. The van der Waals surface area contributed by atoms with Gasteiger partial charge in [-0.1, -0.05) is 24.3 Å². The zero-order valence-corrected chi connectivity index (χ0v) is 7.34. The second-order valence-corrected chi connectivity index (χ2v) is 3.54. The molecule has 1 aromatic rings. The molecule has 0 bridgehead atoms. The van der Waals surface area contributed by atoms with Gasteiger partial charge in [0.2, 0.25) is 0 Å². The summed E-state index contributed by atoms with van der Waals surface area (Å²) < 4.78 is 0. The molecule has 1 unspecified atom stereocenters. The second kappa shape index (κ2) is 2.91. The molecule has 0 heterocycles.